The van der Waals surface area contributed by atoms with Crippen molar-refractivity contribution in [2.24, 2.45) is 0 Å². The summed E-state index contributed by atoms with van der Waals surface area (Å²) in [5.74, 6) is 1.05. The highest BCUT2D eigenvalue weighted by molar-refractivity contribution is 7.12. The van der Waals surface area contributed by atoms with Crippen LogP contribution >= 0.6 is 11.3 Å². The van der Waals surface area contributed by atoms with Crippen molar-refractivity contribution >= 4 is 34.6 Å². The van der Waals surface area contributed by atoms with Crippen LogP contribution in [0.4, 0.5) is 17.3 Å². The van der Waals surface area contributed by atoms with Gasteiger partial charge in [0.2, 0.25) is 0 Å². The molecule has 0 aliphatic rings. The second-order valence-electron chi connectivity index (χ2n) is 3.94. The number of carbonyl (C=O) groups excluding carboxylic acids is 1. The number of carbonyl (C=O) groups is 1. The summed E-state index contributed by atoms with van der Waals surface area (Å²) in [7, 11) is 5.16. The molecule has 6 nitrogen and oxygen atoms in total. The molecule has 2 aromatic rings. The molecular weight excluding hydrogens is 264 g/mol. The number of esters is 1. The monoisotopic (exact) mass is 278 g/mol. The average Bonchev–Trinajstić information content (AvgIpc) is 2.86. The van der Waals surface area contributed by atoms with Crippen molar-refractivity contribution in [3.05, 3.63) is 28.7 Å². The summed E-state index contributed by atoms with van der Waals surface area (Å²) in [5, 5.41) is 4.92. The third-order valence-corrected chi connectivity index (χ3v) is 3.30. The van der Waals surface area contributed by atoms with E-state index in [0.717, 1.165) is 5.82 Å². The van der Waals surface area contributed by atoms with Crippen LogP contribution in [-0.2, 0) is 4.74 Å². The summed E-state index contributed by atoms with van der Waals surface area (Å²) in [6.45, 7) is 0. The molecule has 2 aromatic heterocycles. The van der Waals surface area contributed by atoms with Crippen LogP contribution < -0.4 is 10.2 Å². The fourth-order valence-corrected chi connectivity index (χ4v) is 2.22. The van der Waals surface area contributed by atoms with Crippen LogP contribution in [0.25, 0.3) is 0 Å². The molecule has 0 fully saturated rings. The maximum atomic E-state index is 11.6. The first-order chi connectivity index (χ1) is 9.11. The molecule has 0 amide bonds. The molecule has 0 aliphatic carbocycles. The van der Waals surface area contributed by atoms with E-state index in [0.29, 0.717) is 16.4 Å². The van der Waals surface area contributed by atoms with Crippen molar-refractivity contribution < 1.29 is 9.53 Å². The normalized spacial score (nSPS) is 10.1. The molecule has 2 heterocycles. The third kappa shape index (κ3) is 3.00. The molecule has 0 aromatic carbocycles. The number of anilines is 3. The highest BCUT2D eigenvalue weighted by Gasteiger charge is 2.14. The minimum atomic E-state index is -0.362. The van der Waals surface area contributed by atoms with Gasteiger partial charge in [-0.05, 0) is 11.4 Å². The molecule has 0 spiro atoms. The second-order valence-corrected chi connectivity index (χ2v) is 4.85. The number of hydrogen-bond acceptors (Lipinski definition) is 7. The fraction of sp³-hybridized carbons (Fsp3) is 0.250. The van der Waals surface area contributed by atoms with Gasteiger partial charge in [-0.15, -0.1) is 11.3 Å². The van der Waals surface area contributed by atoms with Crippen molar-refractivity contribution in [1.82, 2.24) is 9.97 Å². The molecule has 100 valence electrons. The Balaban J connectivity index is 2.24. The molecule has 1 N–H and O–H groups in total. The first-order valence-corrected chi connectivity index (χ1v) is 6.42. The van der Waals surface area contributed by atoms with Gasteiger partial charge >= 0.3 is 5.97 Å². The van der Waals surface area contributed by atoms with E-state index in [1.165, 1.54) is 24.8 Å². The zero-order valence-corrected chi connectivity index (χ0v) is 11.7. The number of aromatic nitrogens is 2. The smallest absolute Gasteiger partial charge is 0.350 e. The molecule has 0 saturated carbocycles. The van der Waals surface area contributed by atoms with Crippen LogP contribution in [0.2, 0.25) is 0 Å². The SMILES string of the molecule is COC(=O)c1sccc1Nc1cc(N(C)C)ncn1. The lowest BCUT2D eigenvalue weighted by atomic mass is 10.3. The zero-order chi connectivity index (χ0) is 13.8. The largest absolute Gasteiger partial charge is 0.465 e. The van der Waals surface area contributed by atoms with Crippen LogP contribution in [0.1, 0.15) is 9.67 Å². The zero-order valence-electron chi connectivity index (χ0n) is 10.9. The minimum absolute atomic E-state index is 0.362. The molecule has 2 rings (SSSR count). The lowest BCUT2D eigenvalue weighted by Crippen LogP contribution is -2.11. The maximum absolute atomic E-state index is 11.6. The number of methoxy groups -OCH3 is 1. The van der Waals surface area contributed by atoms with Crippen LogP contribution in [0.3, 0.4) is 0 Å². The number of nitrogens with one attached hydrogen (secondary N) is 1. The topological polar surface area (TPSA) is 67.3 Å². The Morgan fingerprint density at radius 2 is 2.21 bits per heavy atom. The highest BCUT2D eigenvalue weighted by Crippen LogP contribution is 2.26. The van der Waals surface area contributed by atoms with E-state index in [4.69, 9.17) is 4.74 Å². The predicted octanol–water partition coefficient (Wildman–Crippen LogP) is 2.13. The van der Waals surface area contributed by atoms with E-state index >= 15 is 0 Å². The average molecular weight is 278 g/mol. The number of thiophene rings is 1. The minimum Gasteiger partial charge on any atom is -0.465 e. The second kappa shape index (κ2) is 5.66. The summed E-state index contributed by atoms with van der Waals surface area (Å²) in [6.07, 6.45) is 1.47. The standard InChI is InChI=1S/C12H14N4O2S/c1-16(2)10-6-9(13-7-14-10)15-8-4-5-19-11(8)12(17)18-3/h4-7H,1-3H3,(H,13,14,15). The van der Waals surface area contributed by atoms with E-state index in [-0.39, 0.29) is 5.97 Å². The van der Waals surface area contributed by atoms with Crippen molar-refractivity contribution in [3.63, 3.8) is 0 Å². The Hall–Kier alpha value is -2.15. The number of ether oxygens (including phenoxy) is 1. The third-order valence-electron chi connectivity index (χ3n) is 2.41. The van der Waals surface area contributed by atoms with E-state index in [1.54, 1.807) is 6.07 Å². The first-order valence-electron chi connectivity index (χ1n) is 5.54. The Kier molecular flexibility index (Phi) is 3.96. The summed E-state index contributed by atoms with van der Waals surface area (Å²) >= 11 is 1.32. The number of rotatable bonds is 4. The maximum Gasteiger partial charge on any atom is 0.350 e. The lowest BCUT2D eigenvalue weighted by molar-refractivity contribution is 0.0607. The first kappa shape index (κ1) is 13.3. The van der Waals surface area contributed by atoms with Gasteiger partial charge in [0, 0.05) is 20.2 Å². The number of hydrogen-bond donors (Lipinski definition) is 1. The van der Waals surface area contributed by atoms with Crippen molar-refractivity contribution in [1.29, 1.82) is 0 Å². The quantitative estimate of drug-likeness (QED) is 0.864. The highest BCUT2D eigenvalue weighted by atomic mass is 32.1. The lowest BCUT2D eigenvalue weighted by Gasteiger charge is -2.12. The van der Waals surface area contributed by atoms with Gasteiger partial charge in [0.05, 0.1) is 12.8 Å². The van der Waals surface area contributed by atoms with Gasteiger partial charge in [-0.25, -0.2) is 14.8 Å². The van der Waals surface area contributed by atoms with E-state index in [9.17, 15) is 4.79 Å². The predicted molar refractivity (Wildman–Crippen MR) is 75.3 cm³/mol. The number of nitrogens with zero attached hydrogens (tertiary/aromatic N) is 3. The molecule has 19 heavy (non-hydrogen) atoms. The Morgan fingerprint density at radius 1 is 1.42 bits per heavy atom. The van der Waals surface area contributed by atoms with Gasteiger partial charge in [0.1, 0.15) is 22.8 Å². The van der Waals surface area contributed by atoms with Gasteiger partial charge in [0.25, 0.3) is 0 Å². The molecule has 0 unspecified atom stereocenters. The Labute approximate surface area is 115 Å². The molecule has 0 aliphatic heterocycles. The van der Waals surface area contributed by atoms with Crippen LogP contribution in [0.5, 0.6) is 0 Å². The van der Waals surface area contributed by atoms with Crippen LogP contribution in [-0.4, -0.2) is 37.1 Å². The van der Waals surface area contributed by atoms with Crippen LogP contribution in [0, 0.1) is 0 Å². The van der Waals surface area contributed by atoms with E-state index in [2.05, 4.69) is 15.3 Å². The molecular formula is C12H14N4O2S. The summed E-state index contributed by atoms with van der Waals surface area (Å²) < 4.78 is 4.73. The summed E-state index contributed by atoms with van der Waals surface area (Å²) in [5.41, 5.74) is 0.681. The van der Waals surface area contributed by atoms with Crippen molar-refractivity contribution in [2.45, 2.75) is 0 Å². The molecule has 0 saturated heterocycles. The van der Waals surface area contributed by atoms with Gasteiger partial charge in [0.15, 0.2) is 0 Å². The van der Waals surface area contributed by atoms with Crippen LogP contribution in [0.15, 0.2) is 23.8 Å². The van der Waals surface area contributed by atoms with Gasteiger partial charge in [-0.3, -0.25) is 0 Å². The Bertz CT molecular complexity index is 583. The van der Waals surface area contributed by atoms with Gasteiger partial charge in [-0.1, -0.05) is 0 Å². The molecule has 0 bridgehead atoms. The van der Waals surface area contributed by atoms with Gasteiger partial charge < -0.3 is 15.0 Å². The van der Waals surface area contributed by atoms with Crippen molar-refractivity contribution in [3.8, 4) is 0 Å². The molecule has 0 atom stereocenters. The van der Waals surface area contributed by atoms with E-state index < -0.39 is 0 Å². The molecule has 0 radical (unpaired) electrons. The van der Waals surface area contributed by atoms with Gasteiger partial charge in [-0.2, -0.15) is 0 Å². The Morgan fingerprint density at radius 3 is 2.89 bits per heavy atom. The van der Waals surface area contributed by atoms with E-state index in [1.807, 2.05) is 30.4 Å². The van der Waals surface area contributed by atoms with Crippen molar-refractivity contribution in [2.75, 3.05) is 31.4 Å². The summed E-state index contributed by atoms with van der Waals surface area (Å²) in [6, 6.07) is 3.62. The fourth-order valence-electron chi connectivity index (χ4n) is 1.46. The summed E-state index contributed by atoms with van der Waals surface area (Å²) in [4.78, 5) is 22.2. The molecule has 7 heteroatoms.